The molecule has 4 amide bonds. The molecule has 1 aromatic carbocycles. The molecule has 1 spiro atoms. The summed E-state index contributed by atoms with van der Waals surface area (Å²) in [6, 6.07) is 9.79. The fourth-order valence-electron chi connectivity index (χ4n) is 5.49. The van der Waals surface area contributed by atoms with Gasteiger partial charge < -0.3 is 19.6 Å². The lowest BCUT2D eigenvalue weighted by Gasteiger charge is -2.46. The van der Waals surface area contributed by atoms with Gasteiger partial charge >= 0.3 is 6.03 Å². The number of benzene rings is 1. The maximum Gasteiger partial charge on any atom is 0.319 e. The van der Waals surface area contributed by atoms with Crippen LogP contribution in [-0.4, -0.2) is 90.3 Å². The number of nitrogens with zero attached hydrogens (tertiary/aromatic N) is 4. The van der Waals surface area contributed by atoms with Crippen LogP contribution in [0.1, 0.15) is 18.4 Å². The van der Waals surface area contributed by atoms with Crippen LogP contribution in [0.2, 0.25) is 0 Å². The summed E-state index contributed by atoms with van der Waals surface area (Å²) in [6.07, 6.45) is 1.97. The van der Waals surface area contributed by atoms with Gasteiger partial charge in [0.2, 0.25) is 11.8 Å². The number of likely N-dealkylation sites (tertiary alicyclic amines) is 3. The van der Waals surface area contributed by atoms with Crippen LogP contribution in [-0.2, 0) is 16.0 Å². The van der Waals surface area contributed by atoms with Gasteiger partial charge in [0.25, 0.3) is 0 Å². The molecule has 7 nitrogen and oxygen atoms in total. The first-order valence-electron chi connectivity index (χ1n) is 10.4. The quantitative estimate of drug-likeness (QED) is 0.754. The van der Waals surface area contributed by atoms with E-state index in [1.54, 1.807) is 19.0 Å². The topological polar surface area (TPSA) is 64.2 Å². The van der Waals surface area contributed by atoms with Crippen LogP contribution >= 0.6 is 0 Å². The third kappa shape index (κ3) is 3.26. The first-order valence-corrected chi connectivity index (χ1v) is 10.4. The first-order chi connectivity index (χ1) is 13.8. The van der Waals surface area contributed by atoms with Gasteiger partial charge in [-0.15, -0.1) is 0 Å². The second-order valence-corrected chi connectivity index (χ2v) is 8.84. The van der Waals surface area contributed by atoms with Crippen LogP contribution in [0.5, 0.6) is 0 Å². The van der Waals surface area contributed by atoms with Crippen LogP contribution in [0.3, 0.4) is 0 Å². The minimum atomic E-state index is -0.243. The molecule has 0 aromatic heterocycles. The van der Waals surface area contributed by atoms with Gasteiger partial charge in [-0.25, -0.2) is 4.79 Å². The van der Waals surface area contributed by atoms with Gasteiger partial charge in [0.1, 0.15) is 0 Å². The molecular formula is C22H30N4O3. The van der Waals surface area contributed by atoms with Gasteiger partial charge in [-0.2, -0.15) is 0 Å². The lowest BCUT2D eigenvalue weighted by atomic mass is 9.75. The normalized spacial score (nSPS) is 25.5. The van der Waals surface area contributed by atoms with E-state index >= 15 is 0 Å². The molecule has 3 aliphatic rings. The highest BCUT2D eigenvalue weighted by atomic mass is 16.2. The maximum atomic E-state index is 12.9. The monoisotopic (exact) mass is 398 g/mol. The van der Waals surface area contributed by atoms with Gasteiger partial charge in [-0.3, -0.25) is 9.59 Å². The van der Waals surface area contributed by atoms with E-state index in [1.807, 2.05) is 52.1 Å². The van der Waals surface area contributed by atoms with E-state index in [1.165, 1.54) is 0 Å². The molecule has 4 rings (SSSR count). The van der Waals surface area contributed by atoms with Crippen LogP contribution < -0.4 is 0 Å². The second-order valence-electron chi connectivity index (χ2n) is 8.84. The number of carbonyl (C=O) groups is 3. The fraction of sp³-hybridized carbons (Fsp3) is 0.591. The molecule has 3 aliphatic heterocycles. The minimum Gasteiger partial charge on any atom is -0.342 e. The number of piperidine rings is 1. The van der Waals surface area contributed by atoms with Crippen molar-refractivity contribution in [2.75, 3.05) is 47.3 Å². The SMILES string of the molecule is CN(C)C(=O)N1C[C@@H]2C(=O)N(C)C3(CCN(C(=O)Cc4ccccc4)CC3)[C@@H]2C1. The van der Waals surface area contributed by atoms with E-state index in [0.717, 1.165) is 18.4 Å². The number of fused-ring (bicyclic) bond motifs is 2. The molecule has 0 unspecified atom stereocenters. The molecule has 3 saturated heterocycles. The second kappa shape index (κ2) is 7.35. The average molecular weight is 399 g/mol. The Morgan fingerprint density at radius 1 is 1.07 bits per heavy atom. The molecule has 0 radical (unpaired) electrons. The van der Waals surface area contributed by atoms with E-state index in [0.29, 0.717) is 32.6 Å². The summed E-state index contributed by atoms with van der Waals surface area (Å²) >= 11 is 0. The Bertz CT molecular complexity index is 802. The van der Waals surface area contributed by atoms with E-state index in [4.69, 9.17) is 0 Å². The summed E-state index contributed by atoms with van der Waals surface area (Å²) in [5.41, 5.74) is 0.784. The zero-order valence-corrected chi connectivity index (χ0v) is 17.5. The molecule has 7 heteroatoms. The van der Waals surface area contributed by atoms with Crippen molar-refractivity contribution in [1.82, 2.24) is 19.6 Å². The molecule has 0 saturated carbocycles. The van der Waals surface area contributed by atoms with Gasteiger partial charge in [0.15, 0.2) is 0 Å². The van der Waals surface area contributed by atoms with Crippen molar-refractivity contribution in [2.24, 2.45) is 11.8 Å². The fourth-order valence-corrected chi connectivity index (χ4v) is 5.49. The summed E-state index contributed by atoms with van der Waals surface area (Å²) in [7, 11) is 5.40. The molecule has 0 bridgehead atoms. The van der Waals surface area contributed by atoms with Crippen molar-refractivity contribution in [3.05, 3.63) is 35.9 Å². The van der Waals surface area contributed by atoms with Crippen molar-refractivity contribution >= 4 is 17.8 Å². The summed E-state index contributed by atoms with van der Waals surface area (Å²) in [6.45, 7) is 2.45. The highest BCUT2D eigenvalue weighted by molar-refractivity contribution is 5.85. The Labute approximate surface area is 172 Å². The summed E-state index contributed by atoms with van der Waals surface area (Å²) < 4.78 is 0. The van der Waals surface area contributed by atoms with Crippen LogP contribution in [0.25, 0.3) is 0 Å². The van der Waals surface area contributed by atoms with E-state index < -0.39 is 0 Å². The number of carbonyl (C=O) groups excluding carboxylic acids is 3. The highest BCUT2D eigenvalue weighted by Crippen LogP contribution is 2.49. The first kappa shape index (κ1) is 19.7. The van der Waals surface area contributed by atoms with Gasteiger partial charge in [-0.1, -0.05) is 30.3 Å². The molecule has 29 heavy (non-hydrogen) atoms. The number of urea groups is 1. The highest BCUT2D eigenvalue weighted by Gasteiger charge is 2.61. The average Bonchev–Trinajstić information content (AvgIpc) is 3.24. The summed E-state index contributed by atoms with van der Waals surface area (Å²) in [4.78, 5) is 45.4. The summed E-state index contributed by atoms with van der Waals surface area (Å²) in [5.74, 6) is 0.323. The predicted molar refractivity (Wildman–Crippen MR) is 109 cm³/mol. The van der Waals surface area contributed by atoms with Crippen molar-refractivity contribution < 1.29 is 14.4 Å². The van der Waals surface area contributed by atoms with Crippen LogP contribution in [0, 0.1) is 11.8 Å². The van der Waals surface area contributed by atoms with E-state index in [-0.39, 0.29) is 35.2 Å². The minimum absolute atomic E-state index is 0.0273. The Morgan fingerprint density at radius 2 is 1.72 bits per heavy atom. The van der Waals surface area contributed by atoms with Crippen molar-refractivity contribution in [1.29, 1.82) is 0 Å². The van der Waals surface area contributed by atoms with Gasteiger partial charge in [-0.05, 0) is 18.4 Å². The smallest absolute Gasteiger partial charge is 0.319 e. The largest absolute Gasteiger partial charge is 0.342 e. The Hall–Kier alpha value is -2.57. The zero-order valence-electron chi connectivity index (χ0n) is 17.5. The Kier molecular flexibility index (Phi) is 5.00. The van der Waals surface area contributed by atoms with E-state index in [2.05, 4.69) is 0 Å². The van der Waals surface area contributed by atoms with Crippen LogP contribution in [0.4, 0.5) is 4.79 Å². The van der Waals surface area contributed by atoms with E-state index in [9.17, 15) is 14.4 Å². The molecule has 1 aromatic rings. The number of rotatable bonds is 2. The molecule has 0 aliphatic carbocycles. The third-order valence-corrected chi connectivity index (χ3v) is 7.16. The third-order valence-electron chi connectivity index (χ3n) is 7.16. The van der Waals surface area contributed by atoms with Gasteiger partial charge in [0, 0.05) is 53.2 Å². The number of hydrogen-bond donors (Lipinski definition) is 0. The van der Waals surface area contributed by atoms with Crippen molar-refractivity contribution in [3.63, 3.8) is 0 Å². The number of amides is 4. The molecular weight excluding hydrogens is 368 g/mol. The van der Waals surface area contributed by atoms with Gasteiger partial charge in [0.05, 0.1) is 17.9 Å². The molecule has 3 fully saturated rings. The number of hydrogen-bond acceptors (Lipinski definition) is 3. The Morgan fingerprint density at radius 3 is 2.34 bits per heavy atom. The lowest BCUT2D eigenvalue weighted by molar-refractivity contribution is -0.136. The lowest BCUT2D eigenvalue weighted by Crippen LogP contribution is -2.57. The predicted octanol–water partition coefficient (Wildman–Crippen LogP) is 1.29. The molecule has 2 atom stereocenters. The Balaban J connectivity index is 1.44. The molecule has 0 N–H and O–H groups in total. The molecule has 156 valence electrons. The molecule has 3 heterocycles. The van der Waals surface area contributed by atoms with Crippen LogP contribution in [0.15, 0.2) is 30.3 Å². The standard InChI is InChI=1S/C22H30N4O3/c1-23(2)21(29)26-14-17-18(15-26)22(24(3)20(17)28)9-11-25(12-10-22)19(27)13-16-7-5-4-6-8-16/h4-8,17-18H,9-15H2,1-3H3/t17-,18+/m0/s1. The summed E-state index contributed by atoms with van der Waals surface area (Å²) in [5, 5.41) is 0. The van der Waals surface area contributed by atoms with Crippen molar-refractivity contribution in [3.8, 4) is 0 Å². The maximum absolute atomic E-state index is 12.9. The van der Waals surface area contributed by atoms with Crippen molar-refractivity contribution in [2.45, 2.75) is 24.8 Å². The zero-order chi connectivity index (χ0) is 20.8.